The predicted molar refractivity (Wildman–Crippen MR) is 49.3 cm³/mol. The topological polar surface area (TPSA) is 98.3 Å². The number of hydrogen-bond donors (Lipinski definition) is 4. The first-order valence-electron chi connectivity index (χ1n) is 3.67. The van der Waals surface area contributed by atoms with Crippen molar-refractivity contribution in [3.63, 3.8) is 0 Å². The largest absolute Gasteiger partial charge is 0.397 e. The minimum absolute atomic E-state index is 0.131. The van der Waals surface area contributed by atoms with E-state index >= 15 is 0 Å². The van der Waals surface area contributed by atoms with E-state index in [0.717, 1.165) is 0 Å². The van der Waals surface area contributed by atoms with E-state index in [1.165, 1.54) is 0 Å². The van der Waals surface area contributed by atoms with Crippen LogP contribution < -0.4 is 17.2 Å². The second-order valence-electron chi connectivity index (χ2n) is 2.64. The number of benzene rings is 1. The minimum Gasteiger partial charge on any atom is -0.397 e. The van der Waals surface area contributed by atoms with Crippen molar-refractivity contribution in [1.82, 2.24) is 0 Å². The van der Waals surface area contributed by atoms with Crippen LogP contribution in [0.15, 0.2) is 18.2 Å². The lowest BCUT2D eigenvalue weighted by Crippen LogP contribution is -2.16. The lowest BCUT2D eigenvalue weighted by molar-refractivity contribution is 0.268. The maximum Gasteiger partial charge on any atom is 0.0625 e. The molecule has 1 atom stereocenters. The molecule has 4 nitrogen and oxygen atoms in total. The van der Waals surface area contributed by atoms with Crippen molar-refractivity contribution in [3.8, 4) is 0 Å². The highest BCUT2D eigenvalue weighted by atomic mass is 16.3. The second kappa shape index (κ2) is 3.42. The van der Waals surface area contributed by atoms with Gasteiger partial charge in [0.25, 0.3) is 0 Å². The van der Waals surface area contributed by atoms with E-state index in [1.54, 1.807) is 18.2 Å². The molecule has 12 heavy (non-hydrogen) atoms. The predicted octanol–water partition coefficient (Wildman–Crippen LogP) is -0.157. The molecule has 7 N–H and O–H groups in total. The first-order valence-corrected chi connectivity index (χ1v) is 3.67. The van der Waals surface area contributed by atoms with Crippen molar-refractivity contribution < 1.29 is 5.11 Å². The average molecular weight is 167 g/mol. The molecule has 0 fully saturated rings. The third-order valence-electron chi connectivity index (χ3n) is 1.77. The summed E-state index contributed by atoms with van der Waals surface area (Å²) in [7, 11) is 0. The van der Waals surface area contributed by atoms with Gasteiger partial charge >= 0.3 is 0 Å². The third kappa shape index (κ3) is 1.49. The van der Waals surface area contributed by atoms with E-state index in [1.807, 2.05) is 0 Å². The maximum absolute atomic E-state index is 8.78. The molecule has 0 heterocycles. The highest BCUT2D eigenvalue weighted by Crippen LogP contribution is 2.23. The van der Waals surface area contributed by atoms with Gasteiger partial charge < -0.3 is 22.3 Å². The van der Waals surface area contributed by atoms with Crippen molar-refractivity contribution in [1.29, 1.82) is 0 Å². The van der Waals surface area contributed by atoms with Crippen LogP contribution in [0.2, 0.25) is 0 Å². The van der Waals surface area contributed by atoms with Gasteiger partial charge in [-0.2, -0.15) is 0 Å². The monoisotopic (exact) mass is 167 g/mol. The van der Waals surface area contributed by atoms with Crippen LogP contribution in [0.4, 0.5) is 11.4 Å². The van der Waals surface area contributed by atoms with E-state index in [2.05, 4.69) is 0 Å². The number of anilines is 2. The van der Waals surface area contributed by atoms with Crippen LogP contribution in [-0.4, -0.2) is 11.7 Å². The van der Waals surface area contributed by atoms with Crippen LogP contribution >= 0.6 is 0 Å². The summed E-state index contributed by atoms with van der Waals surface area (Å²) in [5.41, 5.74) is 18.4. The van der Waals surface area contributed by atoms with Gasteiger partial charge in [-0.1, -0.05) is 12.1 Å². The molecule has 0 spiro atoms. The summed E-state index contributed by atoms with van der Waals surface area (Å²) < 4.78 is 0. The number of nitrogens with two attached hydrogens (primary N) is 3. The van der Waals surface area contributed by atoms with Gasteiger partial charge in [0.2, 0.25) is 0 Å². The van der Waals surface area contributed by atoms with Crippen molar-refractivity contribution in [2.45, 2.75) is 6.04 Å². The average Bonchev–Trinajstić information content (AvgIpc) is 2.08. The summed E-state index contributed by atoms with van der Waals surface area (Å²) in [5.74, 6) is 0. The first-order chi connectivity index (χ1) is 5.66. The fraction of sp³-hybridized carbons (Fsp3) is 0.250. The van der Waals surface area contributed by atoms with Gasteiger partial charge in [-0.25, -0.2) is 0 Å². The van der Waals surface area contributed by atoms with Crippen molar-refractivity contribution in [2.24, 2.45) is 5.73 Å². The molecule has 1 unspecified atom stereocenters. The Morgan fingerprint density at radius 3 is 2.58 bits per heavy atom. The summed E-state index contributed by atoms with van der Waals surface area (Å²) >= 11 is 0. The molecule has 1 aromatic carbocycles. The number of aliphatic hydroxyl groups is 1. The fourth-order valence-electron chi connectivity index (χ4n) is 1.02. The minimum atomic E-state index is -0.450. The molecule has 0 amide bonds. The van der Waals surface area contributed by atoms with Gasteiger partial charge in [0.15, 0.2) is 0 Å². The Bertz CT molecular complexity index is 275. The van der Waals surface area contributed by atoms with Crippen LogP contribution in [0.5, 0.6) is 0 Å². The van der Waals surface area contributed by atoms with Gasteiger partial charge in [-0.15, -0.1) is 0 Å². The van der Waals surface area contributed by atoms with Crippen LogP contribution in [0.1, 0.15) is 11.6 Å². The molecule has 1 rings (SSSR count). The van der Waals surface area contributed by atoms with E-state index < -0.39 is 6.04 Å². The Morgan fingerprint density at radius 2 is 2.00 bits per heavy atom. The van der Waals surface area contributed by atoms with Crippen molar-refractivity contribution in [3.05, 3.63) is 23.8 Å². The summed E-state index contributed by atoms with van der Waals surface area (Å²) in [6.45, 7) is -0.131. The molecule has 0 saturated carbocycles. The van der Waals surface area contributed by atoms with Crippen LogP contribution in [-0.2, 0) is 0 Å². The van der Waals surface area contributed by atoms with E-state index in [9.17, 15) is 0 Å². The van der Waals surface area contributed by atoms with Crippen LogP contribution in [0.3, 0.4) is 0 Å². The molecule has 0 bridgehead atoms. The molecule has 0 aliphatic carbocycles. The number of rotatable bonds is 2. The quantitative estimate of drug-likeness (QED) is 0.460. The Kier molecular flexibility index (Phi) is 2.52. The van der Waals surface area contributed by atoms with E-state index in [0.29, 0.717) is 16.9 Å². The van der Waals surface area contributed by atoms with Crippen molar-refractivity contribution in [2.75, 3.05) is 18.1 Å². The molecule has 0 saturated heterocycles. The molecule has 0 radical (unpaired) electrons. The van der Waals surface area contributed by atoms with Gasteiger partial charge in [0.1, 0.15) is 0 Å². The zero-order valence-corrected chi connectivity index (χ0v) is 6.70. The lowest BCUT2D eigenvalue weighted by Gasteiger charge is -2.12. The second-order valence-corrected chi connectivity index (χ2v) is 2.64. The standard InChI is InChI=1S/C8H13N3O/c9-6-3-1-2-5(8(6)11)7(10)4-12/h1-3,7,12H,4,9-11H2. The number of para-hydroxylation sites is 1. The van der Waals surface area contributed by atoms with Gasteiger partial charge in [0.05, 0.1) is 24.0 Å². The number of hydrogen-bond acceptors (Lipinski definition) is 4. The highest BCUT2D eigenvalue weighted by molar-refractivity contribution is 5.67. The molecular formula is C8H13N3O. The SMILES string of the molecule is Nc1cccc(C(N)CO)c1N. The molecular weight excluding hydrogens is 154 g/mol. The summed E-state index contributed by atoms with van der Waals surface area (Å²) in [6.07, 6.45) is 0. The number of nitrogen functional groups attached to an aromatic ring is 2. The zero-order valence-electron chi connectivity index (χ0n) is 6.70. The molecule has 0 aromatic heterocycles. The molecule has 1 aromatic rings. The highest BCUT2D eigenvalue weighted by Gasteiger charge is 2.08. The van der Waals surface area contributed by atoms with E-state index in [4.69, 9.17) is 22.3 Å². The zero-order chi connectivity index (χ0) is 9.14. The Balaban J connectivity index is 3.07. The van der Waals surface area contributed by atoms with Gasteiger partial charge in [-0.3, -0.25) is 0 Å². The fourth-order valence-corrected chi connectivity index (χ4v) is 1.02. The summed E-state index contributed by atoms with van der Waals surface area (Å²) in [4.78, 5) is 0. The van der Waals surface area contributed by atoms with Gasteiger partial charge in [0, 0.05) is 0 Å². The van der Waals surface area contributed by atoms with Crippen LogP contribution in [0.25, 0.3) is 0 Å². The molecule has 4 heteroatoms. The van der Waals surface area contributed by atoms with Crippen LogP contribution in [0, 0.1) is 0 Å². The smallest absolute Gasteiger partial charge is 0.0625 e. The summed E-state index contributed by atoms with van der Waals surface area (Å²) in [6, 6.07) is 4.76. The third-order valence-corrected chi connectivity index (χ3v) is 1.77. The molecule has 0 aliphatic heterocycles. The van der Waals surface area contributed by atoms with Gasteiger partial charge in [-0.05, 0) is 11.6 Å². The Labute approximate surface area is 71.0 Å². The maximum atomic E-state index is 8.78. The lowest BCUT2D eigenvalue weighted by atomic mass is 10.1. The Hall–Kier alpha value is -1.26. The number of aliphatic hydroxyl groups excluding tert-OH is 1. The normalized spacial score (nSPS) is 12.8. The Morgan fingerprint density at radius 1 is 1.33 bits per heavy atom. The van der Waals surface area contributed by atoms with E-state index in [-0.39, 0.29) is 6.61 Å². The summed E-state index contributed by atoms with van der Waals surface area (Å²) in [5, 5.41) is 8.78. The molecule has 66 valence electrons. The van der Waals surface area contributed by atoms with Crippen molar-refractivity contribution >= 4 is 11.4 Å². The molecule has 0 aliphatic rings. The first kappa shape index (κ1) is 8.83.